The largest absolute Gasteiger partial charge is 0.369 e. The maximum absolute atomic E-state index is 13.7. The Labute approximate surface area is 189 Å². The smallest absolute Gasteiger partial charge is 0.262 e. The number of hydrogen-bond acceptors (Lipinski definition) is 3. The average molecular weight is 466 g/mol. The number of primary amides is 1. The van der Waals surface area contributed by atoms with Crippen LogP contribution < -0.4 is 15.4 Å². The summed E-state index contributed by atoms with van der Waals surface area (Å²) in [6.45, 7) is 0. The number of nitrogens with one attached hydrogen (secondary N) is 1. The van der Waals surface area contributed by atoms with E-state index in [4.69, 9.17) is 17.3 Å². The number of rotatable bonds is 6. The quantitative estimate of drug-likeness (QED) is 0.560. The fourth-order valence-corrected chi connectivity index (χ4v) is 8.12. The normalized spacial score (nSPS) is 35.8. The van der Waals surface area contributed by atoms with Crippen LogP contribution in [0.2, 0.25) is 5.02 Å². The number of nitrogens with zero attached hydrogens (tertiary/aromatic N) is 1. The van der Waals surface area contributed by atoms with E-state index in [1.165, 1.54) is 4.31 Å². The summed E-state index contributed by atoms with van der Waals surface area (Å²) in [7, 11) is 0. The summed E-state index contributed by atoms with van der Waals surface area (Å²) in [5.41, 5.74) is 4.66. The molecule has 4 N–H and O–H groups in total. The van der Waals surface area contributed by atoms with E-state index in [9.17, 15) is 18.4 Å². The Morgan fingerprint density at radius 2 is 1.81 bits per heavy atom. The number of carbonyl (C=O) groups is 2. The third kappa shape index (κ3) is 3.21. The van der Waals surface area contributed by atoms with Gasteiger partial charge in [-0.25, -0.2) is 4.21 Å². The van der Waals surface area contributed by atoms with Gasteiger partial charge in [-0.3, -0.25) is 18.4 Å². The molecule has 0 aromatic heterocycles. The molecule has 4 bridgehead atoms. The number of para-hydroxylation sites is 1. The first-order chi connectivity index (χ1) is 14.8. The second-order valence-electron chi connectivity index (χ2n) is 9.98. The van der Waals surface area contributed by atoms with E-state index < -0.39 is 22.2 Å². The molecule has 1 aromatic carbocycles. The zero-order valence-electron chi connectivity index (χ0n) is 17.3. The topological polar surface area (TPSA) is 113 Å². The molecule has 1 aromatic rings. The van der Waals surface area contributed by atoms with Crippen LogP contribution in [0, 0.1) is 23.2 Å². The van der Waals surface area contributed by atoms with Gasteiger partial charge in [0.05, 0.1) is 10.7 Å². The number of amides is 2. The molecule has 168 valence electrons. The lowest BCUT2D eigenvalue weighted by Crippen LogP contribution is -2.68. The van der Waals surface area contributed by atoms with Crippen molar-refractivity contribution in [2.24, 2.45) is 28.9 Å². The van der Waals surface area contributed by atoms with Gasteiger partial charge in [0.15, 0.2) is 0 Å². The van der Waals surface area contributed by atoms with Gasteiger partial charge < -0.3 is 11.1 Å². The zero-order chi connectivity index (χ0) is 22.0. The molecular formula is C22H28ClN3O4S. The van der Waals surface area contributed by atoms with Crippen molar-refractivity contribution in [1.82, 2.24) is 5.32 Å². The zero-order valence-corrected chi connectivity index (χ0v) is 18.8. The molecule has 6 rings (SSSR count). The number of benzene rings is 1. The highest BCUT2D eigenvalue weighted by atomic mass is 35.5. The van der Waals surface area contributed by atoms with E-state index in [-0.39, 0.29) is 29.7 Å². The summed E-state index contributed by atoms with van der Waals surface area (Å²) in [6.07, 6.45) is 6.13. The fourth-order valence-electron chi connectivity index (χ4n) is 6.96. The van der Waals surface area contributed by atoms with Crippen molar-refractivity contribution < 1.29 is 18.4 Å². The molecule has 0 aliphatic heterocycles. The summed E-state index contributed by atoms with van der Waals surface area (Å²) >= 11 is 3.93. The van der Waals surface area contributed by atoms with Crippen LogP contribution in [0.25, 0.3) is 0 Å². The van der Waals surface area contributed by atoms with Crippen LogP contribution in [0.1, 0.15) is 51.4 Å². The second-order valence-corrected chi connectivity index (χ2v) is 11.2. The van der Waals surface area contributed by atoms with Gasteiger partial charge in [0.1, 0.15) is 5.54 Å². The Kier molecular flexibility index (Phi) is 5.10. The third-order valence-electron chi connectivity index (χ3n) is 8.31. The summed E-state index contributed by atoms with van der Waals surface area (Å²) in [5.74, 6) is 0.543. The first kappa shape index (κ1) is 21.2. The Bertz CT molecular complexity index is 936. The summed E-state index contributed by atoms with van der Waals surface area (Å²) in [4.78, 5) is 25.9. The number of anilines is 1. The Morgan fingerprint density at radius 3 is 2.32 bits per heavy atom. The van der Waals surface area contributed by atoms with Crippen LogP contribution in [0.3, 0.4) is 0 Å². The van der Waals surface area contributed by atoms with Crippen LogP contribution in [-0.2, 0) is 20.9 Å². The Hall–Kier alpha value is -1.64. The molecule has 5 aliphatic rings. The van der Waals surface area contributed by atoms with Crippen LogP contribution in [0.4, 0.5) is 5.69 Å². The first-order valence-corrected chi connectivity index (χ1v) is 12.5. The van der Waals surface area contributed by atoms with Crippen molar-refractivity contribution in [2.45, 2.75) is 62.9 Å². The predicted octanol–water partition coefficient (Wildman–Crippen LogP) is 3.00. The SMILES string of the molecule is NC(=O)C12CC3CC(C1)C(NC(=O)C1(N(c4ccccc4Cl)S(=O)O)CCC1)C(C3)C2. The number of hydrogen-bond donors (Lipinski definition) is 3. The Morgan fingerprint density at radius 1 is 1.16 bits per heavy atom. The summed E-state index contributed by atoms with van der Waals surface area (Å²) in [6, 6.07) is 6.80. The molecule has 2 amide bonds. The minimum absolute atomic E-state index is 0.0192. The van der Waals surface area contributed by atoms with Gasteiger partial charge in [0.25, 0.3) is 11.3 Å². The highest BCUT2D eigenvalue weighted by molar-refractivity contribution is 7.80. The molecule has 5 fully saturated rings. The lowest BCUT2D eigenvalue weighted by molar-refractivity contribution is -0.148. The lowest BCUT2D eigenvalue weighted by atomic mass is 9.47. The van der Waals surface area contributed by atoms with Crippen molar-refractivity contribution in [1.29, 1.82) is 0 Å². The van der Waals surface area contributed by atoms with Crippen molar-refractivity contribution in [3.8, 4) is 0 Å². The van der Waals surface area contributed by atoms with Crippen LogP contribution >= 0.6 is 11.6 Å². The molecule has 0 heterocycles. The van der Waals surface area contributed by atoms with Gasteiger partial charge in [-0.2, -0.15) is 0 Å². The van der Waals surface area contributed by atoms with Crippen molar-refractivity contribution >= 4 is 40.4 Å². The van der Waals surface area contributed by atoms with Crippen LogP contribution in [0.5, 0.6) is 0 Å². The second kappa shape index (κ2) is 7.46. The number of nitrogens with two attached hydrogens (primary N) is 1. The highest BCUT2D eigenvalue weighted by Gasteiger charge is 2.60. The fraction of sp³-hybridized carbons (Fsp3) is 0.636. The summed E-state index contributed by atoms with van der Waals surface area (Å²) < 4.78 is 23.8. The Balaban J connectivity index is 1.41. The highest BCUT2D eigenvalue weighted by Crippen LogP contribution is 2.60. The number of halogens is 1. The molecule has 7 nitrogen and oxygen atoms in total. The third-order valence-corrected chi connectivity index (χ3v) is 9.49. The predicted molar refractivity (Wildman–Crippen MR) is 118 cm³/mol. The molecular weight excluding hydrogens is 438 g/mol. The van der Waals surface area contributed by atoms with Crippen molar-refractivity contribution in [3.63, 3.8) is 0 Å². The molecule has 0 radical (unpaired) electrons. The standard InChI is InChI=1S/C22H28ClN3O4S/c23-16-4-1-2-5-17(16)26(31(29)30)22(6-3-7-22)20(28)25-18-14-8-13-9-15(18)12-21(10-13,11-14)19(24)27/h1-2,4-5,13-15,18H,3,6-12H2,(H2,24,27)(H,25,28)(H,29,30). The van der Waals surface area contributed by atoms with Gasteiger partial charge in [0.2, 0.25) is 11.8 Å². The van der Waals surface area contributed by atoms with Crippen LogP contribution in [0.15, 0.2) is 24.3 Å². The molecule has 3 atom stereocenters. The minimum atomic E-state index is -2.40. The molecule has 5 aliphatic carbocycles. The molecule has 5 saturated carbocycles. The van der Waals surface area contributed by atoms with Gasteiger partial charge in [-0.15, -0.1) is 0 Å². The molecule has 9 heteroatoms. The molecule has 31 heavy (non-hydrogen) atoms. The van der Waals surface area contributed by atoms with Gasteiger partial charge in [-0.05, 0) is 81.3 Å². The van der Waals surface area contributed by atoms with Gasteiger partial charge >= 0.3 is 0 Å². The van der Waals surface area contributed by atoms with E-state index in [0.717, 1.165) is 38.5 Å². The maximum Gasteiger partial charge on any atom is 0.262 e. The first-order valence-electron chi connectivity index (χ1n) is 11.0. The van der Waals surface area contributed by atoms with E-state index in [1.54, 1.807) is 24.3 Å². The molecule has 0 saturated heterocycles. The summed E-state index contributed by atoms with van der Waals surface area (Å²) in [5, 5.41) is 3.60. The monoisotopic (exact) mass is 465 g/mol. The minimum Gasteiger partial charge on any atom is -0.369 e. The van der Waals surface area contributed by atoms with Crippen LogP contribution in [-0.4, -0.2) is 32.2 Å². The van der Waals surface area contributed by atoms with E-state index in [2.05, 4.69) is 5.32 Å². The maximum atomic E-state index is 13.7. The van der Waals surface area contributed by atoms with E-state index >= 15 is 0 Å². The van der Waals surface area contributed by atoms with Gasteiger partial charge in [0, 0.05) is 11.5 Å². The molecule has 0 spiro atoms. The van der Waals surface area contributed by atoms with Crippen molar-refractivity contribution in [3.05, 3.63) is 29.3 Å². The molecule has 3 unspecified atom stereocenters. The lowest BCUT2D eigenvalue weighted by Gasteiger charge is -2.59. The average Bonchev–Trinajstić information content (AvgIpc) is 2.67. The van der Waals surface area contributed by atoms with Crippen molar-refractivity contribution in [2.75, 3.05) is 4.31 Å². The van der Waals surface area contributed by atoms with E-state index in [0.29, 0.717) is 29.5 Å². The van der Waals surface area contributed by atoms with E-state index in [1.807, 2.05) is 0 Å². The van der Waals surface area contributed by atoms with Gasteiger partial charge in [-0.1, -0.05) is 23.7 Å². The number of carbonyl (C=O) groups excluding carboxylic acids is 2.